The van der Waals surface area contributed by atoms with E-state index in [9.17, 15) is 4.79 Å². The van der Waals surface area contributed by atoms with E-state index in [2.05, 4.69) is 78.1 Å². The summed E-state index contributed by atoms with van der Waals surface area (Å²) in [7, 11) is 0. The molecule has 0 aliphatic heterocycles. The van der Waals surface area contributed by atoms with E-state index in [1.54, 1.807) is 0 Å². The Labute approximate surface area is 217 Å². The molecule has 3 nitrogen and oxygen atoms in total. The smallest absolute Gasteiger partial charge is 0.228 e. The van der Waals surface area contributed by atoms with Crippen molar-refractivity contribution < 1.29 is 4.79 Å². The third-order valence-electron chi connectivity index (χ3n) is 7.29. The molecular formula is C32H29ClN2O. The predicted octanol–water partition coefficient (Wildman–Crippen LogP) is 7.02. The highest BCUT2D eigenvalue weighted by atomic mass is 35.5. The summed E-state index contributed by atoms with van der Waals surface area (Å²) in [6, 6.07) is 37.5. The van der Waals surface area contributed by atoms with Gasteiger partial charge in [0, 0.05) is 17.1 Å². The Balaban J connectivity index is 0.00000267. The van der Waals surface area contributed by atoms with Gasteiger partial charge in [-0.1, -0.05) is 97.1 Å². The highest BCUT2D eigenvalue weighted by Gasteiger charge is 2.51. The van der Waals surface area contributed by atoms with Crippen molar-refractivity contribution >= 4 is 45.5 Å². The molecule has 1 fully saturated rings. The molecule has 180 valence electrons. The summed E-state index contributed by atoms with van der Waals surface area (Å²) in [5.74, 6) is 0.333. The van der Waals surface area contributed by atoms with Crippen LogP contribution in [0.5, 0.6) is 0 Å². The average Bonchev–Trinajstić information content (AvgIpc) is 3.55. The number of rotatable bonds is 6. The molecule has 0 saturated heterocycles. The fraction of sp³-hybridized carbons (Fsp3) is 0.156. The lowest BCUT2D eigenvalue weighted by atomic mass is 9.97. The van der Waals surface area contributed by atoms with Crippen LogP contribution in [0.15, 0.2) is 109 Å². The number of carbonyl (C=O) groups excluding carboxylic acids is 1. The van der Waals surface area contributed by atoms with Crippen LogP contribution >= 0.6 is 12.4 Å². The lowest BCUT2D eigenvalue weighted by molar-refractivity contribution is -0.115. The molecule has 4 heteroatoms. The molecule has 0 radical (unpaired) electrons. The molecule has 0 spiro atoms. The summed E-state index contributed by atoms with van der Waals surface area (Å²) < 4.78 is 0. The van der Waals surface area contributed by atoms with Gasteiger partial charge in [-0.05, 0) is 63.2 Å². The van der Waals surface area contributed by atoms with E-state index in [-0.39, 0.29) is 23.9 Å². The first kappa shape index (κ1) is 24.1. The summed E-state index contributed by atoms with van der Waals surface area (Å²) >= 11 is 0. The fourth-order valence-corrected chi connectivity index (χ4v) is 5.32. The topological polar surface area (TPSA) is 55.1 Å². The van der Waals surface area contributed by atoms with Gasteiger partial charge >= 0.3 is 0 Å². The second-order valence-corrected chi connectivity index (χ2v) is 9.83. The molecule has 1 aliphatic carbocycles. The van der Waals surface area contributed by atoms with Crippen LogP contribution in [-0.2, 0) is 17.6 Å². The van der Waals surface area contributed by atoms with Gasteiger partial charge in [-0.15, -0.1) is 12.4 Å². The van der Waals surface area contributed by atoms with Crippen molar-refractivity contribution in [3.8, 4) is 0 Å². The predicted molar refractivity (Wildman–Crippen MR) is 152 cm³/mol. The van der Waals surface area contributed by atoms with E-state index >= 15 is 0 Å². The van der Waals surface area contributed by atoms with Crippen LogP contribution in [0.1, 0.15) is 29.0 Å². The van der Waals surface area contributed by atoms with Gasteiger partial charge in [-0.25, -0.2) is 0 Å². The van der Waals surface area contributed by atoms with Crippen LogP contribution < -0.4 is 11.1 Å². The van der Waals surface area contributed by atoms with Crippen molar-refractivity contribution in [2.24, 2.45) is 5.73 Å². The second kappa shape index (κ2) is 9.77. The first-order valence-corrected chi connectivity index (χ1v) is 12.2. The van der Waals surface area contributed by atoms with E-state index in [4.69, 9.17) is 5.73 Å². The monoisotopic (exact) mass is 492 g/mol. The maximum absolute atomic E-state index is 12.7. The van der Waals surface area contributed by atoms with E-state index < -0.39 is 0 Å². The van der Waals surface area contributed by atoms with Crippen molar-refractivity contribution in [3.63, 3.8) is 0 Å². The van der Waals surface area contributed by atoms with Crippen LogP contribution in [0.25, 0.3) is 21.5 Å². The van der Waals surface area contributed by atoms with Gasteiger partial charge in [0.05, 0.1) is 6.42 Å². The number of nitrogens with two attached hydrogens (primary N) is 1. The van der Waals surface area contributed by atoms with E-state index in [1.165, 1.54) is 21.9 Å². The molecule has 1 aliphatic rings. The minimum Gasteiger partial charge on any atom is -0.326 e. The zero-order valence-electron chi connectivity index (χ0n) is 20.0. The molecule has 36 heavy (non-hydrogen) atoms. The van der Waals surface area contributed by atoms with Gasteiger partial charge in [0.2, 0.25) is 5.91 Å². The SMILES string of the molecule is Cl.N[C@@]1(Cc2ccc3ccccc3c2)C[C@H]1c1ccc(NC(=O)Cc2cccc3ccccc23)cc1. The van der Waals surface area contributed by atoms with Crippen LogP contribution in [0.3, 0.4) is 0 Å². The Morgan fingerprint density at radius 3 is 2.31 bits per heavy atom. The molecule has 1 saturated carbocycles. The summed E-state index contributed by atoms with van der Waals surface area (Å²) in [4.78, 5) is 12.7. The number of hydrogen-bond acceptors (Lipinski definition) is 2. The molecule has 0 bridgehead atoms. The molecular weight excluding hydrogens is 464 g/mol. The molecule has 1 amide bonds. The maximum atomic E-state index is 12.7. The second-order valence-electron chi connectivity index (χ2n) is 9.83. The van der Waals surface area contributed by atoms with E-state index in [0.717, 1.165) is 34.9 Å². The van der Waals surface area contributed by atoms with Gasteiger partial charge in [0.1, 0.15) is 0 Å². The number of fused-ring (bicyclic) bond motifs is 2. The van der Waals surface area contributed by atoms with Gasteiger partial charge in [-0.2, -0.15) is 0 Å². The Kier molecular flexibility index (Phi) is 6.53. The van der Waals surface area contributed by atoms with Crippen LogP contribution in [0.4, 0.5) is 5.69 Å². The average molecular weight is 493 g/mol. The first-order chi connectivity index (χ1) is 17.1. The van der Waals surface area contributed by atoms with Gasteiger partial charge in [0.25, 0.3) is 0 Å². The van der Waals surface area contributed by atoms with Crippen molar-refractivity contribution in [1.82, 2.24) is 0 Å². The summed E-state index contributed by atoms with van der Waals surface area (Å²) in [6.07, 6.45) is 2.20. The summed E-state index contributed by atoms with van der Waals surface area (Å²) in [5.41, 5.74) is 10.9. The minimum atomic E-state index is -0.207. The third-order valence-corrected chi connectivity index (χ3v) is 7.29. The number of hydrogen-bond donors (Lipinski definition) is 2. The number of carbonyl (C=O) groups is 1. The molecule has 5 aromatic rings. The molecule has 5 aromatic carbocycles. The Hall–Kier alpha value is -3.66. The summed E-state index contributed by atoms with van der Waals surface area (Å²) in [6.45, 7) is 0. The lowest BCUT2D eigenvalue weighted by Gasteiger charge is -2.13. The lowest BCUT2D eigenvalue weighted by Crippen LogP contribution is -2.27. The summed E-state index contributed by atoms with van der Waals surface area (Å²) in [5, 5.41) is 7.84. The van der Waals surface area contributed by atoms with Crippen molar-refractivity contribution in [1.29, 1.82) is 0 Å². The third kappa shape index (κ3) is 4.86. The van der Waals surface area contributed by atoms with Crippen molar-refractivity contribution in [3.05, 3.63) is 126 Å². The van der Waals surface area contributed by atoms with Crippen molar-refractivity contribution in [2.75, 3.05) is 5.32 Å². The molecule has 0 aromatic heterocycles. The molecule has 6 rings (SSSR count). The molecule has 0 unspecified atom stereocenters. The zero-order chi connectivity index (χ0) is 23.8. The first-order valence-electron chi connectivity index (χ1n) is 12.2. The van der Waals surface area contributed by atoms with Crippen molar-refractivity contribution in [2.45, 2.75) is 30.7 Å². The minimum absolute atomic E-state index is 0. The normalized spacial score (nSPS) is 18.5. The molecule has 0 heterocycles. The highest BCUT2D eigenvalue weighted by molar-refractivity contribution is 5.96. The molecule has 2 atom stereocenters. The number of benzene rings is 5. The number of anilines is 1. The maximum Gasteiger partial charge on any atom is 0.228 e. The Bertz CT molecular complexity index is 1540. The molecule has 3 N–H and O–H groups in total. The standard InChI is InChI=1S/C32H28N2O.ClH/c33-32(20-22-12-13-23-6-1-2-8-26(23)18-22)21-30(32)25-14-16-28(17-15-25)34-31(35)19-27-10-5-9-24-7-3-4-11-29(24)27;/h1-18,30H,19-21,33H2,(H,34,35);1H/t30-,32-;/m0./s1. The Morgan fingerprint density at radius 1 is 0.806 bits per heavy atom. The van der Waals surface area contributed by atoms with E-state index in [1.807, 2.05) is 36.4 Å². The number of halogens is 1. The van der Waals surface area contributed by atoms with E-state index in [0.29, 0.717) is 12.3 Å². The van der Waals surface area contributed by atoms with Crippen LogP contribution in [-0.4, -0.2) is 11.4 Å². The Morgan fingerprint density at radius 2 is 1.50 bits per heavy atom. The zero-order valence-corrected chi connectivity index (χ0v) is 20.8. The van der Waals surface area contributed by atoms with Crippen LogP contribution in [0, 0.1) is 0 Å². The fourth-order valence-electron chi connectivity index (χ4n) is 5.32. The highest BCUT2D eigenvalue weighted by Crippen LogP contribution is 2.51. The van der Waals surface area contributed by atoms with Gasteiger partial charge in [0.15, 0.2) is 0 Å². The van der Waals surface area contributed by atoms with Crippen LogP contribution in [0.2, 0.25) is 0 Å². The quantitative estimate of drug-likeness (QED) is 0.267. The largest absolute Gasteiger partial charge is 0.326 e. The van der Waals surface area contributed by atoms with Gasteiger partial charge < -0.3 is 11.1 Å². The van der Waals surface area contributed by atoms with Gasteiger partial charge in [-0.3, -0.25) is 4.79 Å². The number of amides is 1. The number of nitrogens with one attached hydrogen (secondary N) is 1.